The molecule has 0 fully saturated rings. The zero-order valence-electron chi connectivity index (χ0n) is 9.87. The lowest BCUT2D eigenvalue weighted by atomic mass is 10.0. The third-order valence-corrected chi connectivity index (χ3v) is 2.33. The molecule has 0 aliphatic carbocycles. The normalized spacial score (nSPS) is 11.8. The standard InChI is InChI=1S/C11H18N2O3/c1-4-5-6-7-12-8(10(14)15)9(13-7)11(2,3)16/h16H,4-6H2,1-3H3,(H,12,13)(H,14,15). The Bertz CT molecular complexity index is 377. The van der Waals surface area contributed by atoms with E-state index in [0.29, 0.717) is 12.2 Å². The summed E-state index contributed by atoms with van der Waals surface area (Å²) in [6, 6.07) is 0. The van der Waals surface area contributed by atoms with Crippen molar-refractivity contribution in [2.45, 2.75) is 45.6 Å². The van der Waals surface area contributed by atoms with E-state index in [9.17, 15) is 9.90 Å². The third kappa shape index (κ3) is 2.82. The molecular formula is C11H18N2O3. The van der Waals surface area contributed by atoms with Gasteiger partial charge in [-0.25, -0.2) is 9.78 Å². The van der Waals surface area contributed by atoms with Crippen LogP contribution >= 0.6 is 0 Å². The van der Waals surface area contributed by atoms with Gasteiger partial charge in [-0.3, -0.25) is 0 Å². The molecule has 0 saturated heterocycles. The molecule has 0 saturated carbocycles. The molecule has 5 nitrogen and oxygen atoms in total. The number of carboxylic acid groups (broad SMARTS) is 1. The van der Waals surface area contributed by atoms with Crippen molar-refractivity contribution in [3.63, 3.8) is 0 Å². The van der Waals surface area contributed by atoms with E-state index in [1.807, 2.05) is 0 Å². The number of carboxylic acids is 1. The number of H-pyrrole nitrogens is 1. The molecule has 0 aliphatic rings. The quantitative estimate of drug-likeness (QED) is 0.713. The topological polar surface area (TPSA) is 86.2 Å². The second-order valence-electron chi connectivity index (χ2n) is 4.37. The second kappa shape index (κ2) is 4.65. The number of rotatable bonds is 5. The summed E-state index contributed by atoms with van der Waals surface area (Å²) in [5, 5.41) is 18.8. The van der Waals surface area contributed by atoms with Gasteiger partial charge >= 0.3 is 5.97 Å². The van der Waals surface area contributed by atoms with Crippen LogP contribution in [0.15, 0.2) is 0 Å². The highest BCUT2D eigenvalue weighted by molar-refractivity contribution is 5.87. The van der Waals surface area contributed by atoms with Gasteiger partial charge in [0.25, 0.3) is 0 Å². The van der Waals surface area contributed by atoms with Crippen LogP contribution in [-0.4, -0.2) is 26.2 Å². The summed E-state index contributed by atoms with van der Waals surface area (Å²) >= 11 is 0. The third-order valence-electron chi connectivity index (χ3n) is 2.33. The van der Waals surface area contributed by atoms with Crippen LogP contribution in [0.4, 0.5) is 0 Å². The monoisotopic (exact) mass is 226 g/mol. The number of nitrogens with zero attached hydrogens (tertiary/aromatic N) is 1. The molecule has 1 aromatic heterocycles. The molecule has 0 spiro atoms. The van der Waals surface area contributed by atoms with Crippen LogP contribution < -0.4 is 0 Å². The number of carbonyl (C=O) groups is 1. The van der Waals surface area contributed by atoms with Gasteiger partial charge in [0.15, 0.2) is 5.69 Å². The molecule has 0 bridgehead atoms. The van der Waals surface area contributed by atoms with E-state index in [4.69, 9.17) is 5.11 Å². The molecule has 0 aromatic carbocycles. The summed E-state index contributed by atoms with van der Waals surface area (Å²) in [4.78, 5) is 17.9. The minimum absolute atomic E-state index is 0.0846. The molecule has 0 atom stereocenters. The van der Waals surface area contributed by atoms with Gasteiger partial charge in [0, 0.05) is 6.42 Å². The summed E-state index contributed by atoms with van der Waals surface area (Å²) in [5.74, 6) is -0.493. The molecule has 1 rings (SSSR count). The Hall–Kier alpha value is -1.36. The smallest absolute Gasteiger partial charge is 0.356 e. The minimum atomic E-state index is -1.22. The van der Waals surface area contributed by atoms with Crippen molar-refractivity contribution in [1.29, 1.82) is 0 Å². The average molecular weight is 226 g/mol. The van der Waals surface area contributed by atoms with Crippen molar-refractivity contribution >= 4 is 5.97 Å². The number of aromatic carboxylic acids is 1. The zero-order chi connectivity index (χ0) is 12.3. The first kappa shape index (κ1) is 12.7. The molecule has 16 heavy (non-hydrogen) atoms. The lowest BCUT2D eigenvalue weighted by Crippen LogP contribution is -2.20. The highest BCUT2D eigenvalue weighted by atomic mass is 16.4. The Labute approximate surface area is 94.5 Å². The van der Waals surface area contributed by atoms with E-state index in [2.05, 4.69) is 16.9 Å². The number of unbranched alkanes of at least 4 members (excludes halogenated alkanes) is 1. The molecular weight excluding hydrogens is 208 g/mol. The molecule has 0 amide bonds. The average Bonchev–Trinajstić information content (AvgIpc) is 2.58. The van der Waals surface area contributed by atoms with Crippen molar-refractivity contribution in [1.82, 2.24) is 9.97 Å². The van der Waals surface area contributed by atoms with Crippen LogP contribution in [-0.2, 0) is 12.0 Å². The number of aliphatic hydroxyl groups is 1. The van der Waals surface area contributed by atoms with Crippen LogP contribution in [0.2, 0.25) is 0 Å². The lowest BCUT2D eigenvalue weighted by molar-refractivity contribution is 0.0609. The first-order valence-corrected chi connectivity index (χ1v) is 5.41. The Morgan fingerprint density at radius 2 is 2.12 bits per heavy atom. The highest BCUT2D eigenvalue weighted by Gasteiger charge is 2.27. The Morgan fingerprint density at radius 3 is 2.50 bits per heavy atom. The van der Waals surface area contributed by atoms with Crippen molar-refractivity contribution < 1.29 is 15.0 Å². The van der Waals surface area contributed by atoms with Gasteiger partial charge in [-0.2, -0.15) is 0 Å². The highest BCUT2D eigenvalue weighted by Crippen LogP contribution is 2.22. The van der Waals surface area contributed by atoms with E-state index < -0.39 is 11.6 Å². The fourth-order valence-corrected chi connectivity index (χ4v) is 1.48. The summed E-state index contributed by atoms with van der Waals surface area (Å²) < 4.78 is 0. The summed E-state index contributed by atoms with van der Waals surface area (Å²) in [7, 11) is 0. The van der Waals surface area contributed by atoms with Crippen molar-refractivity contribution in [2.24, 2.45) is 0 Å². The van der Waals surface area contributed by atoms with Crippen LogP contribution in [0.5, 0.6) is 0 Å². The van der Waals surface area contributed by atoms with Crippen LogP contribution in [0.1, 0.15) is 55.6 Å². The first-order chi connectivity index (χ1) is 7.36. The minimum Gasteiger partial charge on any atom is -0.476 e. The zero-order valence-corrected chi connectivity index (χ0v) is 9.87. The maximum atomic E-state index is 11.0. The fourth-order valence-electron chi connectivity index (χ4n) is 1.48. The summed E-state index contributed by atoms with van der Waals surface area (Å²) in [5.41, 5.74) is -1.03. The number of hydrogen-bond donors (Lipinski definition) is 3. The molecule has 0 radical (unpaired) electrons. The van der Waals surface area contributed by atoms with Gasteiger partial charge in [0.2, 0.25) is 0 Å². The van der Waals surface area contributed by atoms with E-state index in [0.717, 1.165) is 12.8 Å². The molecule has 0 unspecified atom stereocenters. The predicted molar refractivity (Wildman–Crippen MR) is 59.4 cm³/mol. The summed E-state index contributed by atoms with van der Waals surface area (Å²) in [6.45, 7) is 5.13. The van der Waals surface area contributed by atoms with Gasteiger partial charge in [0.05, 0.1) is 5.69 Å². The SMILES string of the molecule is CCCCc1nc(C(=O)O)c(C(C)(C)O)[nH]1. The number of hydrogen-bond acceptors (Lipinski definition) is 3. The molecule has 1 aromatic rings. The largest absolute Gasteiger partial charge is 0.476 e. The molecule has 90 valence electrons. The number of nitrogens with one attached hydrogen (secondary N) is 1. The van der Waals surface area contributed by atoms with E-state index in [1.165, 1.54) is 13.8 Å². The van der Waals surface area contributed by atoms with Crippen molar-refractivity contribution in [3.8, 4) is 0 Å². The first-order valence-electron chi connectivity index (χ1n) is 5.41. The van der Waals surface area contributed by atoms with Gasteiger partial charge in [-0.05, 0) is 20.3 Å². The second-order valence-corrected chi connectivity index (χ2v) is 4.37. The van der Waals surface area contributed by atoms with Gasteiger partial charge in [-0.15, -0.1) is 0 Å². The number of imidazole rings is 1. The van der Waals surface area contributed by atoms with Crippen LogP contribution in [0.25, 0.3) is 0 Å². The van der Waals surface area contributed by atoms with E-state index >= 15 is 0 Å². The van der Waals surface area contributed by atoms with Crippen molar-refractivity contribution in [2.75, 3.05) is 0 Å². The van der Waals surface area contributed by atoms with Gasteiger partial charge < -0.3 is 15.2 Å². The number of aromatic amines is 1. The van der Waals surface area contributed by atoms with Crippen molar-refractivity contribution in [3.05, 3.63) is 17.2 Å². The molecule has 5 heteroatoms. The summed E-state index contributed by atoms with van der Waals surface area (Å²) in [6.07, 6.45) is 2.66. The van der Waals surface area contributed by atoms with Gasteiger partial charge in [0.1, 0.15) is 11.4 Å². The van der Waals surface area contributed by atoms with Crippen LogP contribution in [0.3, 0.4) is 0 Å². The number of aryl methyl sites for hydroxylation is 1. The number of aromatic nitrogens is 2. The maximum Gasteiger partial charge on any atom is 0.356 e. The molecule has 1 heterocycles. The fraction of sp³-hybridized carbons (Fsp3) is 0.636. The van der Waals surface area contributed by atoms with Crippen LogP contribution in [0, 0.1) is 0 Å². The Morgan fingerprint density at radius 1 is 1.50 bits per heavy atom. The molecule has 3 N–H and O–H groups in total. The lowest BCUT2D eigenvalue weighted by Gasteiger charge is -2.15. The molecule has 0 aliphatic heterocycles. The predicted octanol–water partition coefficient (Wildman–Crippen LogP) is 1.68. The van der Waals surface area contributed by atoms with E-state index in [1.54, 1.807) is 0 Å². The Balaban J connectivity index is 3.06. The maximum absolute atomic E-state index is 11.0. The Kier molecular flexibility index (Phi) is 3.70. The van der Waals surface area contributed by atoms with E-state index in [-0.39, 0.29) is 11.4 Å². The van der Waals surface area contributed by atoms with Gasteiger partial charge in [-0.1, -0.05) is 13.3 Å².